The molecule has 0 heterocycles. The first-order valence-electron chi connectivity index (χ1n) is 10.8. The van der Waals surface area contributed by atoms with Crippen molar-refractivity contribution in [3.05, 3.63) is 24.3 Å². The van der Waals surface area contributed by atoms with Crippen molar-refractivity contribution in [2.75, 3.05) is 13.2 Å². The predicted molar refractivity (Wildman–Crippen MR) is 111 cm³/mol. The number of ether oxygens (including phenoxy) is 2. The van der Waals surface area contributed by atoms with Gasteiger partial charge in [-0.15, -0.1) is 0 Å². The summed E-state index contributed by atoms with van der Waals surface area (Å²) in [5.41, 5.74) is 0. The van der Waals surface area contributed by atoms with Crippen LogP contribution in [0.1, 0.15) is 97.8 Å². The molecule has 0 spiro atoms. The third-order valence-electron chi connectivity index (χ3n) is 4.10. The first-order chi connectivity index (χ1) is 12.7. The van der Waals surface area contributed by atoms with Gasteiger partial charge < -0.3 is 9.47 Å². The third-order valence-corrected chi connectivity index (χ3v) is 4.10. The second-order valence-corrected chi connectivity index (χ2v) is 7.39. The van der Waals surface area contributed by atoms with E-state index in [0.29, 0.717) is 19.1 Å². The highest BCUT2D eigenvalue weighted by Gasteiger charge is 2.04. The van der Waals surface area contributed by atoms with Crippen molar-refractivity contribution in [1.82, 2.24) is 0 Å². The van der Waals surface area contributed by atoms with E-state index in [1.807, 2.05) is 13.8 Å². The number of allylic oxidation sites excluding steroid dienone is 4. The summed E-state index contributed by atoms with van der Waals surface area (Å²) in [6.07, 6.45) is 23.2. The van der Waals surface area contributed by atoms with Crippen molar-refractivity contribution in [3.63, 3.8) is 0 Å². The van der Waals surface area contributed by atoms with Gasteiger partial charge in [-0.25, -0.2) is 4.79 Å². The maximum absolute atomic E-state index is 11.3. The van der Waals surface area contributed by atoms with E-state index in [1.165, 1.54) is 57.8 Å². The molecule has 0 aromatic carbocycles. The van der Waals surface area contributed by atoms with Gasteiger partial charge in [0.15, 0.2) is 0 Å². The van der Waals surface area contributed by atoms with E-state index < -0.39 is 6.16 Å². The maximum Gasteiger partial charge on any atom is 0.508 e. The lowest BCUT2D eigenvalue weighted by atomic mass is 10.1. The molecule has 0 saturated carbocycles. The van der Waals surface area contributed by atoms with E-state index in [0.717, 1.165) is 19.3 Å². The third kappa shape index (κ3) is 20.8. The standard InChI is InChI=1S/C23H42O3/c1-4-5-6-7-8-9-10-11-12-13-14-15-16-17-18-19-20-25-23(24)26-21-22(2)3/h8-9,11-12,22H,4-7,10,13-21H2,1-3H3/b9-8+,12-11+. The van der Waals surface area contributed by atoms with E-state index in [9.17, 15) is 4.79 Å². The summed E-state index contributed by atoms with van der Waals surface area (Å²) in [5.74, 6) is 0.351. The summed E-state index contributed by atoms with van der Waals surface area (Å²) in [5, 5.41) is 0. The predicted octanol–water partition coefficient (Wildman–Crippen LogP) is 7.61. The van der Waals surface area contributed by atoms with Gasteiger partial charge in [-0.2, -0.15) is 0 Å². The zero-order valence-corrected chi connectivity index (χ0v) is 17.5. The Bertz CT molecular complexity index is 358. The number of rotatable bonds is 17. The first-order valence-corrected chi connectivity index (χ1v) is 10.8. The Morgan fingerprint density at radius 1 is 0.769 bits per heavy atom. The van der Waals surface area contributed by atoms with Crippen molar-refractivity contribution in [2.45, 2.75) is 97.8 Å². The van der Waals surface area contributed by atoms with Crippen LogP contribution in [0.5, 0.6) is 0 Å². The van der Waals surface area contributed by atoms with Gasteiger partial charge in [0.1, 0.15) is 0 Å². The highest BCUT2D eigenvalue weighted by molar-refractivity contribution is 5.59. The van der Waals surface area contributed by atoms with Gasteiger partial charge in [-0.05, 0) is 44.4 Å². The minimum atomic E-state index is -0.527. The van der Waals surface area contributed by atoms with Crippen molar-refractivity contribution in [1.29, 1.82) is 0 Å². The molecule has 0 fully saturated rings. The fourth-order valence-electron chi connectivity index (χ4n) is 2.52. The van der Waals surface area contributed by atoms with E-state index in [-0.39, 0.29) is 0 Å². The van der Waals surface area contributed by atoms with Gasteiger partial charge in [0.25, 0.3) is 0 Å². The molecule has 0 atom stereocenters. The van der Waals surface area contributed by atoms with Crippen LogP contribution in [0.3, 0.4) is 0 Å². The molecule has 0 radical (unpaired) electrons. The van der Waals surface area contributed by atoms with Crippen LogP contribution in [0.4, 0.5) is 4.79 Å². The molecule has 0 amide bonds. The molecule has 0 unspecified atom stereocenters. The van der Waals surface area contributed by atoms with E-state index in [2.05, 4.69) is 31.2 Å². The van der Waals surface area contributed by atoms with Crippen molar-refractivity contribution < 1.29 is 14.3 Å². The average molecular weight is 367 g/mol. The monoisotopic (exact) mass is 366 g/mol. The number of hydrogen-bond donors (Lipinski definition) is 0. The largest absolute Gasteiger partial charge is 0.508 e. The van der Waals surface area contributed by atoms with Gasteiger partial charge in [0.05, 0.1) is 13.2 Å². The molecule has 3 heteroatoms. The van der Waals surface area contributed by atoms with Crippen molar-refractivity contribution in [2.24, 2.45) is 5.92 Å². The number of carbonyl (C=O) groups excluding carboxylic acids is 1. The smallest absolute Gasteiger partial charge is 0.434 e. The molecule has 0 bridgehead atoms. The normalized spacial score (nSPS) is 11.7. The van der Waals surface area contributed by atoms with Gasteiger partial charge in [-0.1, -0.05) is 83.6 Å². The Hall–Kier alpha value is -1.25. The molecule has 26 heavy (non-hydrogen) atoms. The van der Waals surface area contributed by atoms with Gasteiger partial charge in [0.2, 0.25) is 0 Å². The van der Waals surface area contributed by atoms with Gasteiger partial charge in [0, 0.05) is 0 Å². The molecule has 0 aliphatic heterocycles. The Morgan fingerprint density at radius 3 is 1.96 bits per heavy atom. The van der Waals surface area contributed by atoms with Gasteiger partial charge in [-0.3, -0.25) is 0 Å². The lowest BCUT2D eigenvalue weighted by Crippen LogP contribution is -2.12. The second-order valence-electron chi connectivity index (χ2n) is 7.39. The molecular weight excluding hydrogens is 324 g/mol. The van der Waals surface area contributed by atoms with Crippen molar-refractivity contribution >= 4 is 6.16 Å². The number of carbonyl (C=O) groups is 1. The molecule has 0 saturated heterocycles. The first kappa shape index (κ1) is 24.8. The van der Waals surface area contributed by atoms with Crippen LogP contribution < -0.4 is 0 Å². The summed E-state index contributed by atoms with van der Waals surface area (Å²) in [6.45, 7) is 7.17. The summed E-state index contributed by atoms with van der Waals surface area (Å²) in [7, 11) is 0. The van der Waals surface area contributed by atoms with Crippen LogP contribution in [0, 0.1) is 5.92 Å². The Labute approximate surface area is 162 Å². The molecule has 0 aliphatic rings. The molecule has 0 rings (SSSR count). The topological polar surface area (TPSA) is 35.5 Å². The highest BCUT2D eigenvalue weighted by Crippen LogP contribution is 2.08. The minimum absolute atomic E-state index is 0.351. The van der Waals surface area contributed by atoms with E-state index in [1.54, 1.807) is 0 Å². The minimum Gasteiger partial charge on any atom is -0.434 e. The maximum atomic E-state index is 11.3. The fourth-order valence-corrected chi connectivity index (χ4v) is 2.52. The van der Waals surface area contributed by atoms with Crippen LogP contribution in [-0.2, 0) is 9.47 Å². The number of hydrogen-bond acceptors (Lipinski definition) is 3. The van der Waals surface area contributed by atoms with E-state index >= 15 is 0 Å². The van der Waals surface area contributed by atoms with Crippen LogP contribution in [0.2, 0.25) is 0 Å². The molecular formula is C23H42O3. The Kier molecular flexibility index (Phi) is 19.1. The molecule has 0 aromatic heterocycles. The average Bonchev–Trinajstić information content (AvgIpc) is 2.62. The van der Waals surface area contributed by atoms with Crippen LogP contribution >= 0.6 is 0 Å². The Morgan fingerprint density at radius 2 is 1.35 bits per heavy atom. The zero-order valence-electron chi connectivity index (χ0n) is 17.5. The molecule has 152 valence electrons. The van der Waals surface area contributed by atoms with Crippen LogP contribution in [0.15, 0.2) is 24.3 Å². The summed E-state index contributed by atoms with van der Waals surface area (Å²) in [6, 6.07) is 0. The summed E-state index contributed by atoms with van der Waals surface area (Å²) in [4.78, 5) is 11.3. The number of unbranched alkanes of at least 4 members (excludes halogenated alkanes) is 9. The van der Waals surface area contributed by atoms with Crippen LogP contribution in [0.25, 0.3) is 0 Å². The molecule has 0 aromatic rings. The Balaban J connectivity index is 3.24. The highest BCUT2D eigenvalue weighted by atomic mass is 16.7. The van der Waals surface area contributed by atoms with Gasteiger partial charge >= 0.3 is 6.16 Å². The molecule has 0 N–H and O–H groups in total. The lowest BCUT2D eigenvalue weighted by molar-refractivity contribution is 0.0465. The molecule has 0 aliphatic carbocycles. The van der Waals surface area contributed by atoms with E-state index in [4.69, 9.17) is 9.47 Å². The summed E-state index contributed by atoms with van der Waals surface area (Å²) >= 11 is 0. The zero-order chi connectivity index (χ0) is 19.3. The SMILES string of the molecule is CCCCC/C=C/C/C=C/CCCCCCCCOC(=O)OCC(C)C. The lowest BCUT2D eigenvalue weighted by Gasteiger charge is -2.07. The quantitative estimate of drug-likeness (QED) is 0.151. The fraction of sp³-hybridized carbons (Fsp3) is 0.783. The summed E-state index contributed by atoms with van der Waals surface area (Å²) < 4.78 is 10.00. The molecule has 3 nitrogen and oxygen atoms in total. The van der Waals surface area contributed by atoms with Crippen molar-refractivity contribution in [3.8, 4) is 0 Å². The second kappa shape index (κ2) is 20.1. The van der Waals surface area contributed by atoms with Crippen LogP contribution in [-0.4, -0.2) is 19.4 Å².